The molecule has 2 aromatic carbocycles. The Labute approximate surface area is 176 Å². The molecule has 1 aliphatic rings. The van der Waals surface area contributed by atoms with Gasteiger partial charge in [-0.2, -0.15) is 5.26 Å². The molecule has 2 amide bonds. The summed E-state index contributed by atoms with van der Waals surface area (Å²) < 4.78 is 4.60. The monoisotopic (exact) mass is 406 g/mol. The molecule has 0 aromatic heterocycles. The third-order valence-electron chi connectivity index (χ3n) is 5.44. The summed E-state index contributed by atoms with van der Waals surface area (Å²) in [6, 6.07) is 16.4. The minimum atomic E-state index is -0.529. The predicted molar refractivity (Wildman–Crippen MR) is 114 cm³/mol. The summed E-state index contributed by atoms with van der Waals surface area (Å²) in [5.41, 5.74) is 8.73. The van der Waals surface area contributed by atoms with Crippen molar-refractivity contribution in [3.8, 4) is 6.07 Å². The Morgan fingerprint density at radius 3 is 2.30 bits per heavy atom. The third kappa shape index (κ3) is 5.37. The lowest BCUT2D eigenvalue weighted by Gasteiger charge is -2.36. The van der Waals surface area contributed by atoms with Gasteiger partial charge in [0.2, 0.25) is 0 Å². The van der Waals surface area contributed by atoms with E-state index >= 15 is 0 Å². The highest BCUT2D eigenvalue weighted by molar-refractivity contribution is 5.94. The number of amides is 2. The Bertz CT molecular complexity index is 911. The van der Waals surface area contributed by atoms with E-state index in [9.17, 15) is 9.59 Å². The molecule has 1 aliphatic carbocycles. The molecule has 156 valence electrons. The molecular formula is C23H26N4O3. The molecule has 1 saturated carbocycles. The lowest BCUT2D eigenvalue weighted by atomic mass is 9.90. The van der Waals surface area contributed by atoms with Gasteiger partial charge in [0, 0.05) is 29.9 Å². The van der Waals surface area contributed by atoms with Crippen LogP contribution in [0.15, 0.2) is 48.5 Å². The first kappa shape index (κ1) is 21.3. The van der Waals surface area contributed by atoms with Crippen molar-refractivity contribution in [3.63, 3.8) is 0 Å². The molecule has 0 aliphatic heterocycles. The van der Waals surface area contributed by atoms with E-state index in [1.807, 2.05) is 17.0 Å². The van der Waals surface area contributed by atoms with Gasteiger partial charge in [0.15, 0.2) is 0 Å². The second-order valence-corrected chi connectivity index (χ2v) is 7.50. The number of nitrogens with zero attached hydrogens (tertiary/aromatic N) is 2. The van der Waals surface area contributed by atoms with Crippen molar-refractivity contribution in [2.45, 2.75) is 44.3 Å². The molecule has 3 rings (SSSR count). The lowest BCUT2D eigenvalue weighted by Crippen LogP contribution is -2.43. The van der Waals surface area contributed by atoms with Gasteiger partial charge >= 0.3 is 6.09 Å². The topological polar surface area (TPSA) is 108 Å². The van der Waals surface area contributed by atoms with Crippen LogP contribution in [0.5, 0.6) is 0 Å². The van der Waals surface area contributed by atoms with Gasteiger partial charge < -0.3 is 15.4 Å². The summed E-state index contributed by atoms with van der Waals surface area (Å²) >= 11 is 0. The van der Waals surface area contributed by atoms with Gasteiger partial charge in [-0.25, -0.2) is 4.79 Å². The molecule has 30 heavy (non-hydrogen) atoms. The number of carbonyl (C=O) groups excluding carboxylic acids is 2. The van der Waals surface area contributed by atoms with Crippen LogP contribution in [0.4, 0.5) is 10.5 Å². The second kappa shape index (κ2) is 9.90. The van der Waals surface area contributed by atoms with E-state index in [0.717, 1.165) is 31.2 Å². The molecule has 1 fully saturated rings. The fourth-order valence-corrected chi connectivity index (χ4v) is 3.69. The number of nitrogens with two attached hydrogens (primary N) is 1. The first-order valence-corrected chi connectivity index (χ1v) is 10.0. The largest absolute Gasteiger partial charge is 0.453 e. The highest BCUT2D eigenvalue weighted by Crippen LogP contribution is 2.26. The minimum absolute atomic E-state index is 0.0586. The van der Waals surface area contributed by atoms with Crippen LogP contribution in [-0.2, 0) is 11.3 Å². The Balaban J connectivity index is 1.79. The molecule has 7 nitrogen and oxygen atoms in total. The second-order valence-electron chi connectivity index (χ2n) is 7.50. The van der Waals surface area contributed by atoms with Gasteiger partial charge in [0.05, 0.1) is 18.7 Å². The van der Waals surface area contributed by atoms with Crippen molar-refractivity contribution in [2.24, 2.45) is 5.73 Å². The fraction of sp³-hybridized carbons (Fsp3) is 0.348. The smallest absolute Gasteiger partial charge is 0.411 e. The van der Waals surface area contributed by atoms with Gasteiger partial charge in [0.25, 0.3) is 5.91 Å². The molecule has 0 heterocycles. The molecule has 7 heteroatoms. The Hall–Kier alpha value is -3.37. The van der Waals surface area contributed by atoms with E-state index in [1.165, 1.54) is 7.11 Å². The molecule has 0 atom stereocenters. The Kier molecular flexibility index (Phi) is 7.04. The van der Waals surface area contributed by atoms with Crippen LogP contribution in [-0.4, -0.2) is 36.1 Å². The summed E-state index contributed by atoms with van der Waals surface area (Å²) in [7, 11) is 1.31. The maximum absolute atomic E-state index is 13.3. The van der Waals surface area contributed by atoms with E-state index in [4.69, 9.17) is 11.0 Å². The first-order chi connectivity index (χ1) is 14.5. The molecule has 0 spiro atoms. The average Bonchev–Trinajstić information content (AvgIpc) is 2.79. The van der Waals surface area contributed by atoms with Gasteiger partial charge in [-0.15, -0.1) is 0 Å². The van der Waals surface area contributed by atoms with Crippen LogP contribution in [0.1, 0.15) is 47.2 Å². The number of nitriles is 1. The molecule has 3 N–H and O–H groups in total. The van der Waals surface area contributed by atoms with E-state index in [1.54, 1.807) is 36.4 Å². The highest BCUT2D eigenvalue weighted by atomic mass is 16.5. The number of hydrogen-bond donors (Lipinski definition) is 2. The highest BCUT2D eigenvalue weighted by Gasteiger charge is 2.28. The maximum Gasteiger partial charge on any atom is 0.411 e. The van der Waals surface area contributed by atoms with Crippen molar-refractivity contribution in [1.82, 2.24) is 4.90 Å². The zero-order valence-corrected chi connectivity index (χ0v) is 17.0. The summed E-state index contributed by atoms with van der Waals surface area (Å²) in [6.45, 7) is 0.456. The normalized spacial score (nSPS) is 18.2. The van der Waals surface area contributed by atoms with Crippen molar-refractivity contribution >= 4 is 17.7 Å². The van der Waals surface area contributed by atoms with Crippen LogP contribution in [0.2, 0.25) is 0 Å². The van der Waals surface area contributed by atoms with Crippen LogP contribution < -0.4 is 11.1 Å². The lowest BCUT2D eigenvalue weighted by molar-refractivity contribution is 0.0606. The first-order valence-electron chi connectivity index (χ1n) is 10.0. The number of hydrogen-bond acceptors (Lipinski definition) is 5. The number of methoxy groups -OCH3 is 1. The Morgan fingerprint density at radius 2 is 1.73 bits per heavy atom. The third-order valence-corrected chi connectivity index (χ3v) is 5.44. The molecule has 2 aromatic rings. The number of rotatable bonds is 5. The zero-order valence-electron chi connectivity index (χ0n) is 17.0. The van der Waals surface area contributed by atoms with E-state index in [2.05, 4.69) is 16.1 Å². The van der Waals surface area contributed by atoms with Crippen molar-refractivity contribution < 1.29 is 14.3 Å². The van der Waals surface area contributed by atoms with Gasteiger partial charge in [0.1, 0.15) is 0 Å². The number of ether oxygens (including phenoxy) is 1. The molecule has 0 radical (unpaired) electrons. The number of nitrogens with one attached hydrogen (secondary N) is 1. The standard InChI is InChI=1S/C23H26N4O3/c1-30-23(29)26-20-10-4-17(5-11-20)15-27(21-12-8-19(25)9-13-21)22(28)18-6-2-16(14-24)3-7-18/h2-7,10-11,19,21H,8-9,12-13,15,25H2,1H3,(H,26,29). The molecular weight excluding hydrogens is 380 g/mol. The summed E-state index contributed by atoms with van der Waals surface area (Å²) in [6.07, 6.45) is 2.99. The van der Waals surface area contributed by atoms with Crippen molar-refractivity contribution in [2.75, 3.05) is 12.4 Å². The quantitative estimate of drug-likeness (QED) is 0.788. The average molecular weight is 406 g/mol. The van der Waals surface area contributed by atoms with Crippen LogP contribution in [0, 0.1) is 11.3 Å². The van der Waals surface area contributed by atoms with Crippen molar-refractivity contribution in [1.29, 1.82) is 5.26 Å². The SMILES string of the molecule is COC(=O)Nc1ccc(CN(C(=O)c2ccc(C#N)cc2)C2CCC(N)CC2)cc1. The van der Waals surface area contributed by atoms with Crippen LogP contribution in [0.3, 0.4) is 0 Å². The van der Waals surface area contributed by atoms with Crippen LogP contribution in [0.25, 0.3) is 0 Å². The van der Waals surface area contributed by atoms with Crippen LogP contribution >= 0.6 is 0 Å². The van der Waals surface area contributed by atoms with E-state index < -0.39 is 6.09 Å². The summed E-state index contributed by atoms with van der Waals surface area (Å²) in [4.78, 5) is 26.6. The Morgan fingerprint density at radius 1 is 1.10 bits per heavy atom. The van der Waals surface area contributed by atoms with E-state index in [0.29, 0.717) is 23.4 Å². The number of anilines is 1. The summed E-state index contributed by atoms with van der Waals surface area (Å²) in [5, 5.41) is 11.6. The van der Waals surface area contributed by atoms with Gasteiger partial charge in [-0.05, 0) is 67.6 Å². The molecule has 0 saturated heterocycles. The summed E-state index contributed by atoms with van der Waals surface area (Å²) in [5.74, 6) is -0.0586. The predicted octanol–water partition coefficient (Wildman–Crippen LogP) is 3.65. The fourth-order valence-electron chi connectivity index (χ4n) is 3.69. The van der Waals surface area contributed by atoms with Gasteiger partial charge in [-0.1, -0.05) is 12.1 Å². The molecule has 0 unspecified atom stereocenters. The number of carbonyl (C=O) groups is 2. The zero-order chi connectivity index (χ0) is 21.5. The van der Waals surface area contributed by atoms with E-state index in [-0.39, 0.29) is 18.0 Å². The van der Waals surface area contributed by atoms with Gasteiger partial charge in [-0.3, -0.25) is 10.1 Å². The maximum atomic E-state index is 13.3. The minimum Gasteiger partial charge on any atom is -0.453 e. The number of benzene rings is 2. The van der Waals surface area contributed by atoms with Crippen molar-refractivity contribution in [3.05, 3.63) is 65.2 Å². The molecule has 0 bridgehead atoms.